The Morgan fingerprint density at radius 3 is 2.82 bits per heavy atom. The van der Waals surface area contributed by atoms with Gasteiger partial charge in [0.1, 0.15) is 0 Å². The van der Waals surface area contributed by atoms with Crippen LogP contribution in [0.5, 0.6) is 0 Å². The predicted octanol–water partition coefficient (Wildman–Crippen LogP) is 0.714. The lowest BCUT2D eigenvalue weighted by Gasteiger charge is -2.11. The van der Waals surface area contributed by atoms with E-state index in [2.05, 4.69) is 20.4 Å². The van der Waals surface area contributed by atoms with Crippen molar-refractivity contribution >= 4 is 0 Å². The van der Waals surface area contributed by atoms with Crippen molar-refractivity contribution in [2.24, 2.45) is 5.92 Å². The molecular weight excluding hydrogens is 216 g/mol. The van der Waals surface area contributed by atoms with Crippen LogP contribution in [0.1, 0.15) is 24.6 Å². The summed E-state index contributed by atoms with van der Waals surface area (Å²) in [4.78, 5) is 6.56. The molecule has 17 heavy (non-hydrogen) atoms. The minimum Gasteiger partial charge on any atom is -0.339 e. The van der Waals surface area contributed by atoms with Gasteiger partial charge in [0.05, 0.1) is 0 Å². The number of nitrogens with zero attached hydrogens (tertiary/aromatic N) is 3. The van der Waals surface area contributed by atoms with Crippen molar-refractivity contribution in [3.8, 4) is 0 Å². The number of likely N-dealkylation sites (N-methyl/N-ethyl adjacent to an activating group) is 2. The zero-order chi connectivity index (χ0) is 12.3. The molecule has 5 nitrogen and oxygen atoms in total. The Kier molecular flexibility index (Phi) is 4.12. The quantitative estimate of drug-likeness (QED) is 0.758. The van der Waals surface area contributed by atoms with E-state index in [-0.39, 0.29) is 0 Å². The highest BCUT2D eigenvalue weighted by atomic mass is 16.5. The third-order valence-corrected chi connectivity index (χ3v) is 3.25. The maximum absolute atomic E-state index is 5.29. The van der Waals surface area contributed by atoms with E-state index in [1.807, 2.05) is 21.1 Å². The maximum Gasteiger partial charge on any atom is 0.228 e. The van der Waals surface area contributed by atoms with Crippen molar-refractivity contribution in [1.29, 1.82) is 0 Å². The molecule has 0 amide bonds. The summed E-state index contributed by atoms with van der Waals surface area (Å²) in [6.45, 7) is 0.955. The molecule has 0 aliphatic heterocycles. The zero-order valence-electron chi connectivity index (χ0n) is 10.9. The highest BCUT2D eigenvalue weighted by Crippen LogP contribution is 2.33. The Labute approximate surface area is 103 Å². The second-order valence-corrected chi connectivity index (χ2v) is 5.09. The molecule has 0 spiro atoms. The molecule has 1 atom stereocenters. The Hall–Kier alpha value is -0.940. The van der Waals surface area contributed by atoms with Crippen LogP contribution in [-0.2, 0) is 12.8 Å². The number of nitrogens with one attached hydrogen (secondary N) is 1. The molecule has 1 fully saturated rings. The van der Waals surface area contributed by atoms with Gasteiger partial charge in [-0.3, -0.25) is 0 Å². The van der Waals surface area contributed by atoms with E-state index in [0.717, 1.165) is 37.0 Å². The normalized spacial score (nSPS) is 17.6. The fraction of sp³-hybridized carbons (Fsp3) is 0.833. The second kappa shape index (κ2) is 5.60. The number of hydrogen-bond acceptors (Lipinski definition) is 5. The van der Waals surface area contributed by atoms with E-state index < -0.39 is 0 Å². The van der Waals surface area contributed by atoms with Gasteiger partial charge < -0.3 is 14.7 Å². The summed E-state index contributed by atoms with van der Waals surface area (Å²) in [5.41, 5.74) is 0. The molecule has 96 valence electrons. The van der Waals surface area contributed by atoms with Gasteiger partial charge in [-0.2, -0.15) is 4.98 Å². The first kappa shape index (κ1) is 12.5. The number of aromatic nitrogens is 2. The van der Waals surface area contributed by atoms with Gasteiger partial charge in [0.25, 0.3) is 0 Å². The molecule has 0 saturated heterocycles. The van der Waals surface area contributed by atoms with Crippen LogP contribution in [0.4, 0.5) is 0 Å². The van der Waals surface area contributed by atoms with Crippen molar-refractivity contribution < 1.29 is 4.52 Å². The van der Waals surface area contributed by atoms with Crippen LogP contribution < -0.4 is 5.32 Å². The van der Waals surface area contributed by atoms with Crippen LogP contribution in [0, 0.1) is 5.92 Å². The Bertz CT molecular complexity index is 346. The van der Waals surface area contributed by atoms with Gasteiger partial charge in [0, 0.05) is 25.4 Å². The summed E-state index contributed by atoms with van der Waals surface area (Å²) in [6.07, 6.45) is 4.36. The minimum absolute atomic E-state index is 0.497. The van der Waals surface area contributed by atoms with E-state index in [0.29, 0.717) is 6.04 Å². The summed E-state index contributed by atoms with van der Waals surface area (Å²) < 4.78 is 5.29. The van der Waals surface area contributed by atoms with Gasteiger partial charge >= 0.3 is 0 Å². The van der Waals surface area contributed by atoms with Crippen molar-refractivity contribution in [1.82, 2.24) is 20.4 Å². The maximum atomic E-state index is 5.29. The molecule has 2 rings (SSSR count). The van der Waals surface area contributed by atoms with E-state index in [1.165, 1.54) is 12.8 Å². The smallest absolute Gasteiger partial charge is 0.228 e. The van der Waals surface area contributed by atoms with E-state index >= 15 is 0 Å². The minimum atomic E-state index is 0.497. The molecule has 1 aromatic rings. The van der Waals surface area contributed by atoms with Gasteiger partial charge in [0.2, 0.25) is 5.89 Å². The summed E-state index contributed by atoms with van der Waals surface area (Å²) >= 11 is 0. The highest BCUT2D eigenvalue weighted by molar-refractivity contribution is 4.95. The van der Waals surface area contributed by atoms with Crippen LogP contribution in [0.25, 0.3) is 0 Å². The zero-order valence-corrected chi connectivity index (χ0v) is 10.9. The van der Waals surface area contributed by atoms with E-state index in [4.69, 9.17) is 4.52 Å². The standard InChI is InChI=1S/C12H22N4O/c1-13-10(9-4-5-9)8-12-14-11(15-17-12)6-7-16(2)3/h9-10,13H,4-8H2,1-3H3. The molecule has 1 aliphatic carbocycles. The van der Waals surface area contributed by atoms with E-state index in [9.17, 15) is 0 Å². The predicted molar refractivity (Wildman–Crippen MR) is 65.8 cm³/mol. The van der Waals surface area contributed by atoms with Gasteiger partial charge in [-0.1, -0.05) is 5.16 Å². The van der Waals surface area contributed by atoms with Crippen molar-refractivity contribution in [3.05, 3.63) is 11.7 Å². The molecule has 0 bridgehead atoms. The lowest BCUT2D eigenvalue weighted by molar-refractivity contribution is 0.345. The Morgan fingerprint density at radius 2 is 2.24 bits per heavy atom. The third-order valence-electron chi connectivity index (χ3n) is 3.25. The Balaban J connectivity index is 1.84. The molecular formula is C12H22N4O. The van der Waals surface area contributed by atoms with Crippen LogP contribution in [-0.4, -0.2) is 48.8 Å². The SMILES string of the molecule is CNC(Cc1nc(CCN(C)C)no1)C1CC1. The fourth-order valence-corrected chi connectivity index (χ4v) is 1.99. The van der Waals surface area contributed by atoms with Crippen LogP contribution in [0.2, 0.25) is 0 Å². The largest absolute Gasteiger partial charge is 0.339 e. The third kappa shape index (κ3) is 3.78. The molecule has 5 heteroatoms. The summed E-state index contributed by atoms with van der Waals surface area (Å²) in [7, 11) is 6.10. The first-order chi connectivity index (χ1) is 8.19. The van der Waals surface area contributed by atoms with Gasteiger partial charge in [-0.05, 0) is 39.9 Å². The van der Waals surface area contributed by atoms with Gasteiger partial charge in [-0.15, -0.1) is 0 Å². The number of hydrogen-bond donors (Lipinski definition) is 1. The van der Waals surface area contributed by atoms with E-state index in [1.54, 1.807) is 0 Å². The van der Waals surface area contributed by atoms with Gasteiger partial charge in [0.15, 0.2) is 5.82 Å². The summed E-state index contributed by atoms with van der Waals surface area (Å²) in [5.74, 6) is 2.39. The molecule has 1 aromatic heterocycles. The highest BCUT2D eigenvalue weighted by Gasteiger charge is 2.31. The van der Waals surface area contributed by atoms with Crippen molar-refractivity contribution in [3.63, 3.8) is 0 Å². The summed E-state index contributed by atoms with van der Waals surface area (Å²) in [5, 5.41) is 7.35. The monoisotopic (exact) mass is 238 g/mol. The molecule has 1 N–H and O–H groups in total. The molecule has 1 unspecified atom stereocenters. The average molecular weight is 238 g/mol. The molecule has 1 saturated carbocycles. The lowest BCUT2D eigenvalue weighted by atomic mass is 10.1. The molecule has 1 heterocycles. The molecule has 0 aromatic carbocycles. The lowest BCUT2D eigenvalue weighted by Crippen LogP contribution is -2.29. The first-order valence-electron chi connectivity index (χ1n) is 6.32. The van der Waals surface area contributed by atoms with Crippen molar-refractivity contribution in [2.75, 3.05) is 27.7 Å². The van der Waals surface area contributed by atoms with Crippen LogP contribution >= 0.6 is 0 Å². The Morgan fingerprint density at radius 1 is 1.47 bits per heavy atom. The van der Waals surface area contributed by atoms with Crippen LogP contribution in [0.3, 0.4) is 0 Å². The molecule has 0 radical (unpaired) electrons. The fourth-order valence-electron chi connectivity index (χ4n) is 1.99. The topological polar surface area (TPSA) is 54.2 Å². The molecule has 1 aliphatic rings. The first-order valence-corrected chi connectivity index (χ1v) is 6.32. The number of rotatable bonds is 7. The second-order valence-electron chi connectivity index (χ2n) is 5.09. The van der Waals surface area contributed by atoms with Crippen LogP contribution in [0.15, 0.2) is 4.52 Å². The summed E-state index contributed by atoms with van der Waals surface area (Å²) in [6, 6.07) is 0.497. The van der Waals surface area contributed by atoms with Crippen molar-refractivity contribution in [2.45, 2.75) is 31.7 Å². The average Bonchev–Trinajstić information content (AvgIpc) is 3.04. The van der Waals surface area contributed by atoms with Gasteiger partial charge in [-0.25, -0.2) is 0 Å².